The summed E-state index contributed by atoms with van der Waals surface area (Å²) in [5.74, 6) is 0. The Bertz CT molecular complexity index is 190. The Hall–Kier alpha value is -0.260. The van der Waals surface area contributed by atoms with Crippen LogP contribution < -0.4 is 0 Å². The molecule has 0 aliphatic carbocycles. The van der Waals surface area contributed by atoms with Crippen molar-refractivity contribution in [3.8, 4) is 0 Å². The Morgan fingerprint density at radius 3 is 2.60 bits per heavy atom. The SMILES string of the molecule is CC(C)OC[C@@H]1C[C@@H](OC(F)F)CN1C. The van der Waals surface area contributed by atoms with E-state index >= 15 is 0 Å². The average Bonchev–Trinajstić information content (AvgIpc) is 2.41. The normalized spacial score (nSPS) is 28.2. The molecule has 1 aliphatic heterocycles. The third kappa shape index (κ3) is 4.40. The molecule has 0 aromatic carbocycles. The minimum absolute atomic E-state index is 0.175. The van der Waals surface area contributed by atoms with Gasteiger partial charge in [-0.05, 0) is 27.3 Å². The van der Waals surface area contributed by atoms with Gasteiger partial charge in [-0.25, -0.2) is 0 Å². The first-order chi connectivity index (χ1) is 6.99. The highest BCUT2D eigenvalue weighted by Gasteiger charge is 2.31. The van der Waals surface area contributed by atoms with Crippen molar-refractivity contribution in [3.63, 3.8) is 0 Å². The van der Waals surface area contributed by atoms with Crippen LogP contribution in [0.2, 0.25) is 0 Å². The molecule has 0 unspecified atom stereocenters. The van der Waals surface area contributed by atoms with E-state index in [1.54, 1.807) is 0 Å². The van der Waals surface area contributed by atoms with Crippen LogP contribution in [0.3, 0.4) is 0 Å². The first kappa shape index (κ1) is 12.8. The molecule has 1 saturated heterocycles. The van der Waals surface area contributed by atoms with Gasteiger partial charge in [0.25, 0.3) is 0 Å². The smallest absolute Gasteiger partial charge is 0.345 e. The molecule has 2 atom stereocenters. The van der Waals surface area contributed by atoms with Gasteiger partial charge >= 0.3 is 6.61 Å². The molecular weight excluding hydrogens is 204 g/mol. The fraction of sp³-hybridized carbons (Fsp3) is 1.00. The van der Waals surface area contributed by atoms with Crippen molar-refractivity contribution >= 4 is 0 Å². The average molecular weight is 223 g/mol. The van der Waals surface area contributed by atoms with E-state index in [2.05, 4.69) is 4.74 Å². The van der Waals surface area contributed by atoms with E-state index in [-0.39, 0.29) is 18.2 Å². The van der Waals surface area contributed by atoms with Crippen molar-refractivity contribution in [3.05, 3.63) is 0 Å². The highest BCUT2D eigenvalue weighted by molar-refractivity contribution is 4.83. The Morgan fingerprint density at radius 1 is 1.40 bits per heavy atom. The van der Waals surface area contributed by atoms with Crippen LogP contribution in [0.25, 0.3) is 0 Å². The van der Waals surface area contributed by atoms with Gasteiger partial charge in [0.05, 0.1) is 18.8 Å². The third-order valence-corrected chi connectivity index (χ3v) is 2.57. The first-order valence-electron chi connectivity index (χ1n) is 5.24. The molecule has 5 heteroatoms. The molecule has 0 aromatic rings. The first-order valence-corrected chi connectivity index (χ1v) is 5.24. The molecule has 0 N–H and O–H groups in total. The second-order valence-corrected chi connectivity index (χ2v) is 4.23. The summed E-state index contributed by atoms with van der Waals surface area (Å²) >= 11 is 0. The van der Waals surface area contributed by atoms with E-state index in [1.165, 1.54) is 0 Å². The lowest BCUT2D eigenvalue weighted by molar-refractivity contribution is -0.158. The van der Waals surface area contributed by atoms with Gasteiger partial charge in [0.1, 0.15) is 0 Å². The molecule has 1 heterocycles. The number of hydrogen-bond acceptors (Lipinski definition) is 3. The van der Waals surface area contributed by atoms with Crippen molar-refractivity contribution in [1.82, 2.24) is 4.90 Å². The van der Waals surface area contributed by atoms with Crippen LogP contribution in [-0.2, 0) is 9.47 Å². The zero-order valence-electron chi connectivity index (χ0n) is 9.45. The summed E-state index contributed by atoms with van der Waals surface area (Å²) in [5.41, 5.74) is 0. The Labute approximate surface area is 89.3 Å². The molecule has 1 aliphatic rings. The summed E-state index contributed by atoms with van der Waals surface area (Å²) in [5, 5.41) is 0. The minimum Gasteiger partial charge on any atom is -0.377 e. The highest BCUT2D eigenvalue weighted by Crippen LogP contribution is 2.20. The van der Waals surface area contributed by atoms with Crippen molar-refractivity contribution in [2.45, 2.75) is 45.1 Å². The van der Waals surface area contributed by atoms with Crippen LogP contribution in [0.1, 0.15) is 20.3 Å². The molecule has 0 aromatic heterocycles. The molecule has 15 heavy (non-hydrogen) atoms. The molecule has 0 radical (unpaired) electrons. The minimum atomic E-state index is -2.67. The molecule has 0 amide bonds. The summed E-state index contributed by atoms with van der Waals surface area (Å²) in [4.78, 5) is 2.01. The number of alkyl halides is 2. The van der Waals surface area contributed by atoms with Gasteiger partial charge in [-0.15, -0.1) is 0 Å². The molecule has 1 rings (SSSR count). The summed E-state index contributed by atoms with van der Waals surface area (Å²) in [7, 11) is 1.91. The van der Waals surface area contributed by atoms with Gasteiger partial charge in [-0.1, -0.05) is 0 Å². The van der Waals surface area contributed by atoms with Crippen LogP contribution in [0.4, 0.5) is 8.78 Å². The standard InChI is InChI=1S/C10H19F2NO2/c1-7(2)14-6-8-4-9(5-13(8)3)15-10(11)12/h7-10H,4-6H2,1-3H3/t8-,9+/m0/s1. The summed E-state index contributed by atoms with van der Waals surface area (Å²) < 4.78 is 33.9. The fourth-order valence-electron chi connectivity index (χ4n) is 1.77. The molecule has 0 spiro atoms. The highest BCUT2D eigenvalue weighted by atomic mass is 19.3. The molecule has 3 nitrogen and oxygen atoms in total. The lowest BCUT2D eigenvalue weighted by Gasteiger charge is -2.19. The lowest BCUT2D eigenvalue weighted by atomic mass is 10.2. The molecule has 90 valence electrons. The van der Waals surface area contributed by atoms with E-state index in [9.17, 15) is 8.78 Å². The number of halogens is 2. The summed E-state index contributed by atoms with van der Waals surface area (Å²) in [6.45, 7) is 2.38. The maximum Gasteiger partial charge on any atom is 0.345 e. The zero-order valence-corrected chi connectivity index (χ0v) is 9.45. The van der Waals surface area contributed by atoms with Crippen molar-refractivity contribution in [2.24, 2.45) is 0 Å². The number of hydrogen-bond donors (Lipinski definition) is 0. The predicted molar refractivity (Wildman–Crippen MR) is 53.0 cm³/mol. The van der Waals surface area contributed by atoms with Crippen LogP contribution in [0.15, 0.2) is 0 Å². The zero-order chi connectivity index (χ0) is 11.4. The Morgan fingerprint density at radius 2 is 2.07 bits per heavy atom. The van der Waals surface area contributed by atoms with Crippen molar-refractivity contribution in [2.75, 3.05) is 20.2 Å². The second-order valence-electron chi connectivity index (χ2n) is 4.23. The molecular formula is C10H19F2NO2. The van der Waals surface area contributed by atoms with Crippen molar-refractivity contribution < 1.29 is 18.3 Å². The van der Waals surface area contributed by atoms with Crippen LogP contribution in [0.5, 0.6) is 0 Å². The predicted octanol–water partition coefficient (Wildman–Crippen LogP) is 1.72. The number of likely N-dealkylation sites (N-methyl/N-ethyl adjacent to an activating group) is 1. The Balaban J connectivity index is 2.29. The van der Waals surface area contributed by atoms with Gasteiger partial charge in [-0.2, -0.15) is 8.78 Å². The number of nitrogens with zero attached hydrogens (tertiary/aromatic N) is 1. The Kier molecular flexibility index (Phi) is 4.89. The van der Waals surface area contributed by atoms with E-state index in [4.69, 9.17) is 4.74 Å². The molecule has 0 bridgehead atoms. The van der Waals surface area contributed by atoms with Gasteiger partial charge in [0.15, 0.2) is 0 Å². The van der Waals surface area contributed by atoms with Gasteiger partial charge in [-0.3, -0.25) is 4.90 Å². The van der Waals surface area contributed by atoms with Gasteiger partial charge < -0.3 is 9.47 Å². The maximum absolute atomic E-state index is 12.0. The quantitative estimate of drug-likeness (QED) is 0.708. The monoisotopic (exact) mass is 223 g/mol. The molecule has 1 fully saturated rings. The number of rotatable bonds is 5. The third-order valence-electron chi connectivity index (χ3n) is 2.57. The van der Waals surface area contributed by atoms with Crippen LogP contribution >= 0.6 is 0 Å². The lowest BCUT2D eigenvalue weighted by Crippen LogP contribution is -2.30. The van der Waals surface area contributed by atoms with E-state index in [0.717, 1.165) is 0 Å². The second kappa shape index (κ2) is 5.72. The summed E-state index contributed by atoms with van der Waals surface area (Å²) in [6.07, 6.45) is 0.428. The van der Waals surface area contributed by atoms with E-state index in [0.29, 0.717) is 19.6 Å². The maximum atomic E-state index is 12.0. The fourth-order valence-corrected chi connectivity index (χ4v) is 1.77. The van der Waals surface area contributed by atoms with Gasteiger partial charge in [0, 0.05) is 12.6 Å². The summed E-state index contributed by atoms with van der Waals surface area (Å²) in [6, 6.07) is 0.191. The van der Waals surface area contributed by atoms with Crippen molar-refractivity contribution in [1.29, 1.82) is 0 Å². The largest absolute Gasteiger partial charge is 0.377 e. The van der Waals surface area contributed by atoms with E-state index in [1.807, 2.05) is 25.8 Å². The number of ether oxygens (including phenoxy) is 2. The van der Waals surface area contributed by atoms with Crippen LogP contribution in [-0.4, -0.2) is 50.0 Å². The topological polar surface area (TPSA) is 21.7 Å². The number of likely N-dealkylation sites (tertiary alicyclic amines) is 1. The molecule has 0 saturated carbocycles. The van der Waals surface area contributed by atoms with Crippen LogP contribution in [0, 0.1) is 0 Å². The van der Waals surface area contributed by atoms with E-state index < -0.39 is 6.61 Å². The van der Waals surface area contributed by atoms with Gasteiger partial charge in [0.2, 0.25) is 0 Å².